The lowest BCUT2D eigenvalue weighted by atomic mass is 10.2. The molecule has 0 unspecified atom stereocenters. The first kappa shape index (κ1) is 18.7. The second kappa shape index (κ2) is 8.55. The van der Waals surface area contributed by atoms with E-state index < -0.39 is 18.5 Å². The molecule has 2 amide bonds. The number of anilines is 2. The number of carbonyl (C=O) groups excluding carboxylic acids is 3. The highest BCUT2D eigenvalue weighted by Crippen LogP contribution is 2.31. The Morgan fingerprint density at radius 1 is 1.15 bits per heavy atom. The SMILES string of the molecule is O=C(COC(=O)CCN1C(=O)COc2ccccc21)Nc1ccccc1Cl. The number of fused-ring (bicyclic) bond motifs is 1. The molecule has 0 spiro atoms. The van der Waals surface area contributed by atoms with Gasteiger partial charge in [-0.05, 0) is 24.3 Å². The summed E-state index contributed by atoms with van der Waals surface area (Å²) in [7, 11) is 0. The summed E-state index contributed by atoms with van der Waals surface area (Å²) in [6.45, 7) is -0.367. The number of hydrogen-bond acceptors (Lipinski definition) is 5. The quantitative estimate of drug-likeness (QED) is 0.769. The van der Waals surface area contributed by atoms with Gasteiger partial charge < -0.3 is 19.7 Å². The minimum atomic E-state index is -0.582. The minimum absolute atomic E-state index is 0.0422. The number of carbonyl (C=O) groups is 3. The predicted octanol–water partition coefficient (Wildman–Crippen LogP) is 2.64. The van der Waals surface area contributed by atoms with Crippen molar-refractivity contribution in [2.75, 3.05) is 30.0 Å². The Morgan fingerprint density at radius 2 is 1.89 bits per heavy atom. The molecule has 0 aliphatic carbocycles. The third-order valence-corrected chi connectivity index (χ3v) is 4.19. The van der Waals surface area contributed by atoms with Gasteiger partial charge in [-0.2, -0.15) is 0 Å². The summed E-state index contributed by atoms with van der Waals surface area (Å²) in [5, 5.41) is 2.95. The average Bonchev–Trinajstić information content (AvgIpc) is 2.67. The van der Waals surface area contributed by atoms with Crippen molar-refractivity contribution in [3.63, 3.8) is 0 Å². The van der Waals surface area contributed by atoms with Gasteiger partial charge in [-0.15, -0.1) is 0 Å². The predicted molar refractivity (Wildman–Crippen MR) is 99.9 cm³/mol. The Balaban J connectivity index is 1.48. The van der Waals surface area contributed by atoms with Crippen LogP contribution in [0.5, 0.6) is 5.75 Å². The Kier molecular flexibility index (Phi) is 5.93. The number of nitrogens with zero attached hydrogens (tertiary/aromatic N) is 1. The second-order valence-corrected chi connectivity index (χ2v) is 6.15. The molecule has 1 aliphatic heterocycles. The smallest absolute Gasteiger partial charge is 0.308 e. The Morgan fingerprint density at radius 3 is 2.70 bits per heavy atom. The Hall–Kier alpha value is -3.06. The third kappa shape index (κ3) is 4.77. The highest BCUT2D eigenvalue weighted by molar-refractivity contribution is 6.33. The van der Waals surface area contributed by atoms with Crippen molar-refractivity contribution in [3.05, 3.63) is 53.6 Å². The van der Waals surface area contributed by atoms with Crippen LogP contribution in [0.4, 0.5) is 11.4 Å². The zero-order chi connectivity index (χ0) is 19.2. The van der Waals surface area contributed by atoms with E-state index in [4.69, 9.17) is 21.1 Å². The second-order valence-electron chi connectivity index (χ2n) is 5.74. The van der Waals surface area contributed by atoms with Crippen molar-refractivity contribution in [1.82, 2.24) is 0 Å². The fourth-order valence-corrected chi connectivity index (χ4v) is 2.75. The van der Waals surface area contributed by atoms with Gasteiger partial charge in [0, 0.05) is 6.54 Å². The molecule has 1 heterocycles. The standard InChI is InChI=1S/C19H17ClN2O5/c20-13-5-1-2-6-14(13)21-17(23)11-27-19(25)9-10-22-15-7-3-4-8-16(15)26-12-18(22)24/h1-8H,9-12H2,(H,21,23). The molecule has 2 aromatic carbocycles. The van der Waals surface area contributed by atoms with Crippen LogP contribution >= 0.6 is 11.6 Å². The summed E-state index contributed by atoms with van der Waals surface area (Å²) in [6.07, 6.45) is -0.0422. The highest BCUT2D eigenvalue weighted by Gasteiger charge is 2.25. The number of nitrogens with one attached hydrogen (secondary N) is 1. The van der Waals surface area contributed by atoms with Gasteiger partial charge in [0.25, 0.3) is 11.8 Å². The molecule has 0 saturated heterocycles. The van der Waals surface area contributed by atoms with Crippen LogP contribution in [0.25, 0.3) is 0 Å². The zero-order valence-corrected chi connectivity index (χ0v) is 15.1. The highest BCUT2D eigenvalue weighted by atomic mass is 35.5. The lowest BCUT2D eigenvalue weighted by Crippen LogP contribution is -2.40. The fraction of sp³-hybridized carbons (Fsp3) is 0.211. The van der Waals surface area contributed by atoms with E-state index in [2.05, 4.69) is 5.32 Å². The maximum absolute atomic E-state index is 12.0. The topological polar surface area (TPSA) is 84.9 Å². The van der Waals surface area contributed by atoms with E-state index in [-0.39, 0.29) is 25.5 Å². The zero-order valence-electron chi connectivity index (χ0n) is 14.3. The van der Waals surface area contributed by atoms with Crippen LogP contribution < -0.4 is 15.0 Å². The molecule has 0 saturated carbocycles. The molecule has 1 aliphatic rings. The van der Waals surface area contributed by atoms with Gasteiger partial charge in [-0.1, -0.05) is 35.9 Å². The van der Waals surface area contributed by atoms with E-state index in [1.165, 1.54) is 4.90 Å². The summed E-state index contributed by atoms with van der Waals surface area (Å²) in [5.74, 6) is -0.729. The lowest BCUT2D eigenvalue weighted by Gasteiger charge is -2.28. The number of amides is 2. The molecular formula is C19H17ClN2O5. The minimum Gasteiger partial charge on any atom is -0.482 e. The fourth-order valence-electron chi connectivity index (χ4n) is 2.57. The summed E-state index contributed by atoms with van der Waals surface area (Å²) in [6, 6.07) is 13.8. The summed E-state index contributed by atoms with van der Waals surface area (Å²) < 4.78 is 10.3. The number of rotatable bonds is 6. The molecule has 0 atom stereocenters. The molecule has 7 nitrogen and oxygen atoms in total. The van der Waals surface area contributed by atoms with E-state index in [1.807, 2.05) is 0 Å². The maximum Gasteiger partial charge on any atom is 0.308 e. The first-order chi connectivity index (χ1) is 13.0. The van der Waals surface area contributed by atoms with Crippen LogP contribution in [0.15, 0.2) is 48.5 Å². The molecule has 0 aromatic heterocycles. The van der Waals surface area contributed by atoms with Crippen LogP contribution in [0.1, 0.15) is 6.42 Å². The first-order valence-electron chi connectivity index (χ1n) is 8.27. The summed E-state index contributed by atoms with van der Waals surface area (Å²) >= 11 is 5.95. The lowest BCUT2D eigenvalue weighted by molar-refractivity contribution is -0.147. The molecule has 1 N–H and O–H groups in total. The van der Waals surface area contributed by atoms with Gasteiger partial charge in [0.05, 0.1) is 22.8 Å². The Bertz CT molecular complexity index is 871. The number of hydrogen-bond donors (Lipinski definition) is 1. The number of esters is 1. The van der Waals surface area contributed by atoms with Crippen molar-refractivity contribution in [1.29, 1.82) is 0 Å². The van der Waals surface area contributed by atoms with Crippen molar-refractivity contribution >= 4 is 40.8 Å². The molecule has 8 heteroatoms. The average molecular weight is 389 g/mol. The van der Waals surface area contributed by atoms with Crippen LogP contribution in [0, 0.1) is 0 Å². The maximum atomic E-state index is 12.0. The molecule has 27 heavy (non-hydrogen) atoms. The van der Waals surface area contributed by atoms with E-state index in [0.29, 0.717) is 22.1 Å². The molecule has 3 rings (SSSR count). The normalized spacial score (nSPS) is 12.8. The van der Waals surface area contributed by atoms with Crippen molar-refractivity contribution in [2.24, 2.45) is 0 Å². The van der Waals surface area contributed by atoms with Gasteiger partial charge >= 0.3 is 5.97 Å². The molecule has 140 valence electrons. The van der Waals surface area contributed by atoms with Crippen molar-refractivity contribution < 1.29 is 23.9 Å². The van der Waals surface area contributed by atoms with Gasteiger partial charge in [-0.25, -0.2) is 0 Å². The molecule has 0 bridgehead atoms. The Labute approximate surface area is 160 Å². The van der Waals surface area contributed by atoms with Gasteiger partial charge in [0.2, 0.25) is 0 Å². The first-order valence-corrected chi connectivity index (χ1v) is 8.64. The molecule has 0 fully saturated rings. The van der Waals surface area contributed by atoms with E-state index in [9.17, 15) is 14.4 Å². The number of para-hydroxylation sites is 3. The third-order valence-electron chi connectivity index (χ3n) is 3.86. The molecule has 0 radical (unpaired) electrons. The monoisotopic (exact) mass is 388 g/mol. The molecular weight excluding hydrogens is 372 g/mol. The van der Waals surface area contributed by atoms with Crippen molar-refractivity contribution in [2.45, 2.75) is 6.42 Å². The van der Waals surface area contributed by atoms with Crippen LogP contribution in [-0.2, 0) is 19.1 Å². The van der Waals surface area contributed by atoms with E-state index in [0.717, 1.165) is 0 Å². The number of benzene rings is 2. The number of halogens is 1. The van der Waals surface area contributed by atoms with Crippen LogP contribution in [-0.4, -0.2) is 37.5 Å². The van der Waals surface area contributed by atoms with Gasteiger partial charge in [0.1, 0.15) is 5.75 Å². The van der Waals surface area contributed by atoms with E-state index >= 15 is 0 Å². The van der Waals surface area contributed by atoms with Crippen LogP contribution in [0.3, 0.4) is 0 Å². The summed E-state index contributed by atoms with van der Waals surface area (Å²) in [4.78, 5) is 37.3. The summed E-state index contributed by atoms with van der Waals surface area (Å²) in [5.41, 5.74) is 1.05. The van der Waals surface area contributed by atoms with Crippen molar-refractivity contribution in [3.8, 4) is 5.75 Å². The largest absolute Gasteiger partial charge is 0.482 e. The number of ether oxygens (including phenoxy) is 2. The molecule has 2 aromatic rings. The van der Waals surface area contributed by atoms with Gasteiger partial charge in [-0.3, -0.25) is 14.4 Å². The van der Waals surface area contributed by atoms with Gasteiger partial charge in [0.15, 0.2) is 13.2 Å². The van der Waals surface area contributed by atoms with E-state index in [1.54, 1.807) is 48.5 Å². The van der Waals surface area contributed by atoms with Crippen LogP contribution in [0.2, 0.25) is 5.02 Å².